The van der Waals surface area contributed by atoms with Gasteiger partial charge in [-0.2, -0.15) is 0 Å². The van der Waals surface area contributed by atoms with Crippen molar-refractivity contribution in [3.8, 4) is 0 Å². The van der Waals surface area contributed by atoms with Crippen molar-refractivity contribution in [3.05, 3.63) is 23.8 Å². The lowest BCUT2D eigenvalue weighted by molar-refractivity contribution is 0.106. The molecule has 1 saturated heterocycles. The van der Waals surface area contributed by atoms with E-state index in [1.54, 1.807) is 0 Å². The number of nitrogens with zero attached hydrogens (tertiary/aromatic N) is 1. The van der Waals surface area contributed by atoms with E-state index in [-0.39, 0.29) is 0 Å². The fourth-order valence-electron chi connectivity index (χ4n) is 2.93. The third-order valence-electron chi connectivity index (χ3n) is 3.90. The number of nitrogens with two attached hydrogens (primary N) is 1. The number of nitrogen functional groups attached to an aromatic ring is 1. The molecule has 0 amide bonds. The molecule has 1 aromatic carbocycles. The standard InChI is InChI=1S/C14H20N2O/c15-13-4-1-5-14-12(13)7-9-16(14)8-6-11-3-2-10-17-11/h1,4-5,11H,2-3,6-10,15H2. The summed E-state index contributed by atoms with van der Waals surface area (Å²) in [6.07, 6.45) is 5.19. The zero-order valence-electron chi connectivity index (χ0n) is 10.2. The lowest BCUT2D eigenvalue weighted by atomic mass is 10.1. The average Bonchev–Trinajstić information content (AvgIpc) is 2.95. The minimum atomic E-state index is 0.486. The number of ether oxygens (including phenoxy) is 1. The highest BCUT2D eigenvalue weighted by molar-refractivity contribution is 5.68. The summed E-state index contributed by atoms with van der Waals surface area (Å²) in [5.41, 5.74) is 9.62. The molecule has 2 N–H and O–H groups in total. The molecule has 92 valence electrons. The summed E-state index contributed by atoms with van der Waals surface area (Å²) in [6.45, 7) is 3.16. The van der Waals surface area contributed by atoms with Crippen LogP contribution >= 0.6 is 0 Å². The first-order chi connectivity index (χ1) is 8.34. The summed E-state index contributed by atoms with van der Waals surface area (Å²) in [6, 6.07) is 6.25. The maximum absolute atomic E-state index is 6.00. The van der Waals surface area contributed by atoms with Gasteiger partial charge < -0.3 is 15.4 Å². The van der Waals surface area contributed by atoms with Gasteiger partial charge in [0.15, 0.2) is 0 Å². The summed E-state index contributed by atoms with van der Waals surface area (Å²) in [5.74, 6) is 0. The van der Waals surface area contributed by atoms with E-state index < -0.39 is 0 Å². The summed E-state index contributed by atoms with van der Waals surface area (Å²) in [5, 5.41) is 0. The Morgan fingerprint density at radius 3 is 3.18 bits per heavy atom. The monoisotopic (exact) mass is 232 g/mol. The quantitative estimate of drug-likeness (QED) is 0.812. The summed E-state index contributed by atoms with van der Waals surface area (Å²) < 4.78 is 5.67. The normalized spacial score (nSPS) is 23.1. The van der Waals surface area contributed by atoms with Crippen LogP contribution in [0.3, 0.4) is 0 Å². The molecule has 1 unspecified atom stereocenters. The van der Waals surface area contributed by atoms with Gasteiger partial charge in [-0.3, -0.25) is 0 Å². The molecule has 3 heteroatoms. The highest BCUT2D eigenvalue weighted by atomic mass is 16.5. The fourth-order valence-corrected chi connectivity index (χ4v) is 2.93. The van der Waals surface area contributed by atoms with Crippen molar-refractivity contribution >= 4 is 11.4 Å². The van der Waals surface area contributed by atoms with Crippen LogP contribution in [0.5, 0.6) is 0 Å². The predicted molar refractivity (Wildman–Crippen MR) is 70.4 cm³/mol. The number of hydrogen-bond donors (Lipinski definition) is 1. The minimum Gasteiger partial charge on any atom is -0.398 e. The van der Waals surface area contributed by atoms with Crippen LogP contribution in [0.2, 0.25) is 0 Å². The molecule has 2 aliphatic rings. The van der Waals surface area contributed by atoms with Crippen molar-refractivity contribution in [2.45, 2.75) is 31.8 Å². The van der Waals surface area contributed by atoms with E-state index in [4.69, 9.17) is 10.5 Å². The fraction of sp³-hybridized carbons (Fsp3) is 0.571. The second kappa shape index (κ2) is 4.57. The van der Waals surface area contributed by atoms with Crippen molar-refractivity contribution in [3.63, 3.8) is 0 Å². The van der Waals surface area contributed by atoms with E-state index in [2.05, 4.69) is 17.0 Å². The molecular formula is C14H20N2O. The Kier molecular flexibility index (Phi) is 2.93. The Balaban J connectivity index is 1.65. The van der Waals surface area contributed by atoms with Crippen molar-refractivity contribution in [1.82, 2.24) is 0 Å². The number of rotatable bonds is 3. The molecule has 3 nitrogen and oxygen atoms in total. The van der Waals surface area contributed by atoms with Gasteiger partial charge in [0.1, 0.15) is 0 Å². The van der Waals surface area contributed by atoms with E-state index in [0.717, 1.165) is 38.2 Å². The highest BCUT2D eigenvalue weighted by Crippen LogP contribution is 2.32. The van der Waals surface area contributed by atoms with Crippen molar-refractivity contribution in [2.24, 2.45) is 0 Å². The van der Waals surface area contributed by atoms with Crippen LogP contribution in [0.1, 0.15) is 24.8 Å². The van der Waals surface area contributed by atoms with Crippen LogP contribution in [0.4, 0.5) is 11.4 Å². The lowest BCUT2D eigenvalue weighted by Gasteiger charge is -2.21. The summed E-state index contributed by atoms with van der Waals surface area (Å²) in [7, 11) is 0. The molecule has 1 atom stereocenters. The van der Waals surface area contributed by atoms with Gasteiger partial charge in [-0.05, 0) is 37.8 Å². The third kappa shape index (κ3) is 2.12. The molecule has 0 aliphatic carbocycles. The number of hydrogen-bond acceptors (Lipinski definition) is 3. The van der Waals surface area contributed by atoms with E-state index in [9.17, 15) is 0 Å². The van der Waals surface area contributed by atoms with Gasteiger partial charge in [0.25, 0.3) is 0 Å². The first-order valence-electron chi connectivity index (χ1n) is 6.58. The van der Waals surface area contributed by atoms with Gasteiger partial charge in [-0.1, -0.05) is 6.07 Å². The van der Waals surface area contributed by atoms with Gasteiger partial charge >= 0.3 is 0 Å². The van der Waals surface area contributed by atoms with Crippen molar-refractivity contribution < 1.29 is 4.74 Å². The van der Waals surface area contributed by atoms with Crippen LogP contribution in [0, 0.1) is 0 Å². The SMILES string of the molecule is Nc1cccc2c1CCN2CCC1CCCO1. The Labute approximate surface area is 103 Å². The molecule has 1 fully saturated rings. The van der Waals surface area contributed by atoms with E-state index in [0.29, 0.717) is 6.10 Å². The molecule has 2 aliphatic heterocycles. The van der Waals surface area contributed by atoms with E-state index >= 15 is 0 Å². The number of benzene rings is 1. The zero-order chi connectivity index (χ0) is 11.7. The summed E-state index contributed by atoms with van der Waals surface area (Å²) in [4.78, 5) is 2.45. The Morgan fingerprint density at radius 2 is 2.35 bits per heavy atom. The third-order valence-corrected chi connectivity index (χ3v) is 3.90. The second-order valence-electron chi connectivity index (χ2n) is 5.01. The van der Waals surface area contributed by atoms with Gasteiger partial charge in [0, 0.05) is 36.6 Å². The molecule has 0 bridgehead atoms. The van der Waals surface area contributed by atoms with Gasteiger partial charge in [0.05, 0.1) is 6.10 Å². The molecule has 1 aromatic rings. The summed E-state index contributed by atoms with van der Waals surface area (Å²) >= 11 is 0. The molecule has 0 spiro atoms. The van der Waals surface area contributed by atoms with Crippen molar-refractivity contribution in [2.75, 3.05) is 30.3 Å². The Morgan fingerprint density at radius 1 is 1.41 bits per heavy atom. The molecule has 0 radical (unpaired) electrons. The first-order valence-corrected chi connectivity index (χ1v) is 6.58. The van der Waals surface area contributed by atoms with E-state index in [1.807, 2.05) is 6.07 Å². The molecule has 3 rings (SSSR count). The van der Waals surface area contributed by atoms with Crippen LogP contribution in [0.15, 0.2) is 18.2 Å². The number of fused-ring (bicyclic) bond motifs is 1. The van der Waals surface area contributed by atoms with Gasteiger partial charge in [0.2, 0.25) is 0 Å². The van der Waals surface area contributed by atoms with Crippen LogP contribution in [0.25, 0.3) is 0 Å². The molecular weight excluding hydrogens is 212 g/mol. The minimum absolute atomic E-state index is 0.486. The van der Waals surface area contributed by atoms with Gasteiger partial charge in [-0.15, -0.1) is 0 Å². The molecule has 0 aromatic heterocycles. The van der Waals surface area contributed by atoms with Crippen molar-refractivity contribution in [1.29, 1.82) is 0 Å². The number of anilines is 2. The Bertz CT molecular complexity index is 399. The van der Waals surface area contributed by atoms with E-state index in [1.165, 1.54) is 24.1 Å². The second-order valence-corrected chi connectivity index (χ2v) is 5.01. The molecule has 17 heavy (non-hydrogen) atoms. The highest BCUT2D eigenvalue weighted by Gasteiger charge is 2.22. The maximum Gasteiger partial charge on any atom is 0.0592 e. The predicted octanol–water partition coefficient (Wildman–Crippen LogP) is 2.20. The van der Waals surface area contributed by atoms with Crippen LogP contribution < -0.4 is 10.6 Å². The first kappa shape index (κ1) is 10.9. The largest absolute Gasteiger partial charge is 0.398 e. The zero-order valence-corrected chi connectivity index (χ0v) is 10.2. The molecule has 0 saturated carbocycles. The lowest BCUT2D eigenvalue weighted by Crippen LogP contribution is -2.25. The molecule has 2 heterocycles. The van der Waals surface area contributed by atoms with Crippen LogP contribution in [-0.4, -0.2) is 25.8 Å². The van der Waals surface area contributed by atoms with Crippen LogP contribution in [-0.2, 0) is 11.2 Å². The maximum atomic E-state index is 6.00. The van der Waals surface area contributed by atoms with Gasteiger partial charge in [-0.25, -0.2) is 0 Å². The Hall–Kier alpha value is -1.22. The smallest absolute Gasteiger partial charge is 0.0592 e. The topological polar surface area (TPSA) is 38.5 Å². The average molecular weight is 232 g/mol.